The lowest BCUT2D eigenvalue weighted by Gasteiger charge is -2.50. The summed E-state index contributed by atoms with van der Waals surface area (Å²) in [7, 11) is 0. The Morgan fingerprint density at radius 3 is 2.50 bits per heavy atom. The summed E-state index contributed by atoms with van der Waals surface area (Å²) in [6, 6.07) is 17.2. The maximum atomic E-state index is 13.7. The number of thioether (sulfide) groups is 1. The van der Waals surface area contributed by atoms with Crippen molar-refractivity contribution in [1.29, 1.82) is 0 Å². The summed E-state index contributed by atoms with van der Waals surface area (Å²) in [5.41, 5.74) is 5.67. The SMILES string of the molecule is C[C@]1(C(=O)Nc2nc(CSc3ncn[nH]3)cs2)CC2c3ccccc3C1c1ccccc12. The maximum absolute atomic E-state index is 13.7. The number of anilines is 1. The van der Waals surface area contributed by atoms with E-state index in [2.05, 4.69) is 80.9 Å². The zero-order valence-corrected chi connectivity index (χ0v) is 19.0. The highest BCUT2D eigenvalue weighted by Crippen LogP contribution is 2.61. The zero-order chi connectivity index (χ0) is 21.7. The monoisotopic (exact) mass is 459 g/mol. The van der Waals surface area contributed by atoms with Crippen LogP contribution >= 0.6 is 23.1 Å². The number of amides is 1. The van der Waals surface area contributed by atoms with Crippen LogP contribution in [0.4, 0.5) is 5.13 Å². The zero-order valence-electron chi connectivity index (χ0n) is 17.4. The number of thiazole rings is 1. The van der Waals surface area contributed by atoms with Gasteiger partial charge in [0, 0.05) is 23.0 Å². The summed E-state index contributed by atoms with van der Waals surface area (Å²) in [6.07, 6.45) is 2.29. The summed E-state index contributed by atoms with van der Waals surface area (Å²) in [4.78, 5) is 22.4. The number of carbonyl (C=O) groups is 1. The van der Waals surface area contributed by atoms with Crippen molar-refractivity contribution in [2.24, 2.45) is 5.41 Å². The second kappa shape index (κ2) is 7.56. The molecule has 32 heavy (non-hydrogen) atoms. The largest absolute Gasteiger partial charge is 0.301 e. The molecule has 0 radical (unpaired) electrons. The van der Waals surface area contributed by atoms with E-state index in [9.17, 15) is 4.79 Å². The van der Waals surface area contributed by atoms with Crippen LogP contribution in [-0.4, -0.2) is 26.1 Å². The van der Waals surface area contributed by atoms with Crippen LogP contribution in [0.1, 0.15) is 53.1 Å². The van der Waals surface area contributed by atoms with Crippen molar-refractivity contribution in [3.63, 3.8) is 0 Å². The van der Waals surface area contributed by atoms with Gasteiger partial charge in [0.2, 0.25) is 5.91 Å². The van der Waals surface area contributed by atoms with Crippen LogP contribution in [-0.2, 0) is 10.5 Å². The molecule has 0 unspecified atom stereocenters. The van der Waals surface area contributed by atoms with Crippen molar-refractivity contribution < 1.29 is 4.79 Å². The Balaban J connectivity index is 1.27. The molecule has 0 saturated carbocycles. The van der Waals surface area contributed by atoms with Crippen molar-refractivity contribution in [2.75, 3.05) is 5.32 Å². The van der Waals surface area contributed by atoms with E-state index in [1.54, 1.807) is 0 Å². The standard InChI is InChI=1S/C24H21N5OS2/c1-24(21(30)28-23-27-14(12-32-23)11-31-22-25-13-26-29-22)10-19-15-6-2-4-8-17(15)20(24)18-9-5-3-7-16(18)19/h2-9,12-13,19-20H,10-11H2,1H3,(H,25,26,29)(H,27,28,30)/t19?,20?,24-/m0/s1. The number of nitrogens with one attached hydrogen (secondary N) is 2. The molecule has 0 fully saturated rings. The van der Waals surface area contributed by atoms with Gasteiger partial charge in [-0.1, -0.05) is 60.3 Å². The van der Waals surface area contributed by atoms with Gasteiger partial charge < -0.3 is 5.32 Å². The summed E-state index contributed by atoms with van der Waals surface area (Å²) in [5.74, 6) is 1.000. The Morgan fingerprint density at radius 2 is 1.84 bits per heavy atom. The summed E-state index contributed by atoms with van der Waals surface area (Å²) in [6.45, 7) is 2.11. The van der Waals surface area contributed by atoms with Crippen LogP contribution in [0, 0.1) is 5.41 Å². The molecule has 2 N–H and O–H groups in total. The van der Waals surface area contributed by atoms with E-state index in [0.717, 1.165) is 17.3 Å². The van der Waals surface area contributed by atoms with E-state index < -0.39 is 5.41 Å². The highest BCUT2D eigenvalue weighted by molar-refractivity contribution is 7.98. The number of hydrogen-bond donors (Lipinski definition) is 2. The molecule has 160 valence electrons. The molecule has 6 nitrogen and oxygen atoms in total. The number of benzene rings is 2. The Bertz CT molecular complexity index is 1250. The third-order valence-corrected chi connectivity index (χ3v) is 8.39. The van der Waals surface area contributed by atoms with Gasteiger partial charge in [0.25, 0.3) is 0 Å². The molecule has 7 rings (SSSR count). The molecule has 2 aromatic heterocycles. The van der Waals surface area contributed by atoms with E-state index in [-0.39, 0.29) is 17.7 Å². The minimum Gasteiger partial charge on any atom is -0.301 e. The fraction of sp³-hybridized carbons (Fsp3) is 0.250. The van der Waals surface area contributed by atoms with Gasteiger partial charge in [0.15, 0.2) is 10.3 Å². The molecule has 1 amide bonds. The van der Waals surface area contributed by atoms with Crippen molar-refractivity contribution in [1.82, 2.24) is 20.2 Å². The first-order valence-electron chi connectivity index (χ1n) is 10.5. The molecule has 3 aliphatic rings. The van der Waals surface area contributed by atoms with Gasteiger partial charge in [-0.25, -0.2) is 9.97 Å². The number of aromatic nitrogens is 4. The molecule has 0 aliphatic heterocycles. The second-order valence-corrected chi connectivity index (χ2v) is 10.4. The van der Waals surface area contributed by atoms with Crippen LogP contribution in [0.3, 0.4) is 0 Å². The fourth-order valence-electron chi connectivity index (χ4n) is 5.27. The van der Waals surface area contributed by atoms with Crippen LogP contribution in [0.5, 0.6) is 0 Å². The smallest absolute Gasteiger partial charge is 0.233 e. The van der Waals surface area contributed by atoms with Gasteiger partial charge in [-0.15, -0.1) is 11.3 Å². The molecule has 8 heteroatoms. The summed E-state index contributed by atoms with van der Waals surface area (Å²) < 4.78 is 0. The normalized spacial score (nSPS) is 22.9. The van der Waals surface area contributed by atoms with Gasteiger partial charge in [-0.3, -0.25) is 9.89 Å². The maximum Gasteiger partial charge on any atom is 0.233 e. The van der Waals surface area contributed by atoms with Crippen LogP contribution in [0.25, 0.3) is 0 Å². The average molecular weight is 460 g/mol. The van der Waals surface area contributed by atoms with Crippen molar-refractivity contribution >= 4 is 34.1 Å². The lowest BCUT2D eigenvalue weighted by atomic mass is 9.52. The Morgan fingerprint density at radius 1 is 1.16 bits per heavy atom. The fourth-order valence-corrected chi connectivity index (χ4v) is 6.75. The Hall–Kier alpha value is -2.97. The molecule has 0 spiro atoms. The van der Waals surface area contributed by atoms with Crippen molar-refractivity contribution in [3.05, 3.63) is 88.2 Å². The molecule has 2 aromatic carbocycles. The second-order valence-electron chi connectivity index (χ2n) is 8.54. The summed E-state index contributed by atoms with van der Waals surface area (Å²) in [5, 5.41) is 13.2. The molecular formula is C24H21N5OS2. The molecule has 2 bridgehead atoms. The number of hydrogen-bond acceptors (Lipinski definition) is 6. The summed E-state index contributed by atoms with van der Waals surface area (Å²) >= 11 is 3.00. The predicted octanol–water partition coefficient (Wildman–Crippen LogP) is 5.18. The molecule has 0 saturated heterocycles. The molecule has 3 aliphatic carbocycles. The van der Waals surface area contributed by atoms with Crippen molar-refractivity contribution in [3.8, 4) is 0 Å². The number of H-pyrrole nitrogens is 1. The minimum absolute atomic E-state index is 0.0419. The Labute approximate surface area is 193 Å². The number of rotatable bonds is 5. The van der Waals surface area contributed by atoms with E-state index in [4.69, 9.17) is 0 Å². The van der Waals surface area contributed by atoms with E-state index in [0.29, 0.717) is 10.9 Å². The van der Waals surface area contributed by atoms with Crippen molar-refractivity contribution in [2.45, 2.75) is 36.1 Å². The lowest BCUT2D eigenvalue weighted by Crippen LogP contribution is -2.47. The predicted molar refractivity (Wildman–Crippen MR) is 126 cm³/mol. The number of aromatic amines is 1. The van der Waals surface area contributed by atoms with Gasteiger partial charge >= 0.3 is 0 Å². The minimum atomic E-state index is -0.534. The van der Waals surface area contributed by atoms with Gasteiger partial charge in [0.05, 0.1) is 11.1 Å². The quantitative estimate of drug-likeness (QED) is 0.402. The molecule has 2 heterocycles. The van der Waals surface area contributed by atoms with Crippen LogP contribution in [0.15, 0.2) is 65.4 Å². The van der Waals surface area contributed by atoms with Gasteiger partial charge in [-0.05, 0) is 35.6 Å². The number of fused-ring (bicyclic) bond motifs is 1. The first-order chi connectivity index (χ1) is 15.6. The number of nitrogens with zero attached hydrogens (tertiary/aromatic N) is 3. The molecule has 4 aromatic rings. The van der Waals surface area contributed by atoms with E-state index in [1.165, 1.54) is 51.7 Å². The van der Waals surface area contributed by atoms with Gasteiger partial charge in [0.1, 0.15) is 6.33 Å². The highest BCUT2D eigenvalue weighted by Gasteiger charge is 2.53. The number of carbonyl (C=O) groups excluding carboxylic acids is 1. The van der Waals surface area contributed by atoms with Gasteiger partial charge in [-0.2, -0.15) is 5.10 Å². The van der Waals surface area contributed by atoms with E-state index in [1.807, 2.05) is 5.38 Å². The van der Waals surface area contributed by atoms with Crippen LogP contribution in [0.2, 0.25) is 0 Å². The third kappa shape index (κ3) is 3.09. The lowest BCUT2D eigenvalue weighted by molar-refractivity contribution is -0.126. The topological polar surface area (TPSA) is 83.6 Å². The molecule has 1 atom stereocenters. The first-order valence-corrected chi connectivity index (χ1v) is 12.4. The Kier molecular flexibility index (Phi) is 4.66. The van der Waals surface area contributed by atoms with Crippen LogP contribution < -0.4 is 5.32 Å². The van der Waals surface area contributed by atoms with E-state index >= 15 is 0 Å². The molecular weight excluding hydrogens is 438 g/mol. The third-order valence-electron chi connectivity index (χ3n) is 6.67. The highest BCUT2D eigenvalue weighted by atomic mass is 32.2. The average Bonchev–Trinajstić information content (AvgIpc) is 3.50. The first kappa shape index (κ1) is 19.7.